The summed E-state index contributed by atoms with van der Waals surface area (Å²) in [5.74, 6) is -1.29. The third kappa shape index (κ3) is 7.03. The van der Waals surface area contributed by atoms with E-state index in [0.29, 0.717) is 17.3 Å². The number of nitrogens with one attached hydrogen (secondary N) is 3. The zero-order valence-corrected chi connectivity index (χ0v) is 17.2. The number of ether oxygens (including phenoxy) is 1. The second-order valence-corrected chi connectivity index (χ2v) is 7.92. The van der Waals surface area contributed by atoms with E-state index >= 15 is 0 Å². The van der Waals surface area contributed by atoms with Crippen LogP contribution in [0.15, 0.2) is 40.1 Å². The van der Waals surface area contributed by atoms with E-state index in [4.69, 9.17) is 21.4 Å². The van der Waals surface area contributed by atoms with E-state index in [-0.39, 0.29) is 24.3 Å². The van der Waals surface area contributed by atoms with Crippen LogP contribution in [-0.2, 0) is 14.3 Å². The van der Waals surface area contributed by atoms with Crippen LogP contribution in [0.4, 0.5) is 4.79 Å². The molecule has 4 N–H and O–H groups in total. The highest BCUT2D eigenvalue weighted by Crippen LogP contribution is 2.22. The van der Waals surface area contributed by atoms with Gasteiger partial charge in [0.15, 0.2) is 5.78 Å². The molecule has 0 radical (unpaired) electrons. The number of carbonyl (C=O) groups is 3. The number of rotatable bonds is 7. The fourth-order valence-electron chi connectivity index (χ4n) is 2.75. The van der Waals surface area contributed by atoms with Crippen LogP contribution in [0.5, 0.6) is 0 Å². The molecule has 10 heteroatoms. The van der Waals surface area contributed by atoms with Crippen molar-refractivity contribution in [2.24, 2.45) is 4.99 Å². The van der Waals surface area contributed by atoms with Gasteiger partial charge in [0.2, 0.25) is 0 Å². The van der Waals surface area contributed by atoms with E-state index in [9.17, 15) is 14.4 Å². The Hall–Kier alpha value is -2.65. The Morgan fingerprint density at radius 1 is 1.34 bits per heavy atom. The number of carboxylic acids is 1. The molecule has 0 saturated carbocycles. The molecule has 1 aliphatic carbocycles. The molecule has 158 valence electrons. The lowest BCUT2D eigenvalue weighted by atomic mass is 9.90. The Kier molecular flexibility index (Phi) is 7.58. The standard InChI is InChI=1S/C19H25ClN4O5/c1-19(2,3)29-18(28)24-7-5-22-14-9-11(20)8-12(17(14)27)16-13(10-15(25)26)21-4-6-23-16/h4,6,8-9,13-14,21-22H,5,7,10H2,1-3H3,(H,24,28)(H,25,26). The lowest BCUT2D eigenvalue weighted by Crippen LogP contribution is -2.46. The van der Waals surface area contributed by atoms with Gasteiger partial charge in [0, 0.05) is 36.1 Å². The van der Waals surface area contributed by atoms with Crippen molar-refractivity contribution in [3.63, 3.8) is 0 Å². The number of ketones is 1. The first-order valence-corrected chi connectivity index (χ1v) is 9.49. The zero-order valence-electron chi connectivity index (χ0n) is 16.5. The predicted octanol–water partition coefficient (Wildman–Crippen LogP) is 1.46. The highest BCUT2D eigenvalue weighted by Gasteiger charge is 2.32. The average molecular weight is 425 g/mol. The molecule has 2 unspecified atom stereocenters. The molecule has 0 aromatic rings. The van der Waals surface area contributed by atoms with E-state index < -0.39 is 29.7 Å². The number of aliphatic imine (C=N–C) groups is 1. The van der Waals surface area contributed by atoms with Crippen LogP contribution < -0.4 is 16.0 Å². The van der Waals surface area contributed by atoms with E-state index in [1.807, 2.05) is 0 Å². The maximum Gasteiger partial charge on any atom is 0.407 e. The fraction of sp³-hybridized carbons (Fsp3) is 0.474. The van der Waals surface area contributed by atoms with Crippen molar-refractivity contribution in [2.45, 2.75) is 44.9 Å². The normalized spacial score (nSPS) is 21.5. The second kappa shape index (κ2) is 9.71. The van der Waals surface area contributed by atoms with Gasteiger partial charge >= 0.3 is 12.1 Å². The van der Waals surface area contributed by atoms with E-state index in [1.54, 1.807) is 26.8 Å². The molecule has 1 aliphatic heterocycles. The first kappa shape index (κ1) is 22.6. The van der Waals surface area contributed by atoms with Crippen molar-refractivity contribution in [3.8, 4) is 0 Å². The molecule has 9 nitrogen and oxygen atoms in total. The molecule has 2 atom stereocenters. The van der Waals surface area contributed by atoms with Crippen LogP contribution in [0.3, 0.4) is 0 Å². The summed E-state index contributed by atoms with van der Waals surface area (Å²) < 4.78 is 5.14. The van der Waals surface area contributed by atoms with Crippen LogP contribution in [-0.4, -0.2) is 59.4 Å². The third-order valence-corrected chi connectivity index (χ3v) is 4.12. The topological polar surface area (TPSA) is 129 Å². The number of aliphatic carboxylic acids is 1. The SMILES string of the molecule is CC(C)(C)OC(=O)NCCNC1C=C(Cl)C=C(C2=NC=CNC2CC(=O)O)C1=O. The van der Waals surface area contributed by atoms with E-state index in [2.05, 4.69) is 20.9 Å². The van der Waals surface area contributed by atoms with Crippen LogP contribution >= 0.6 is 11.6 Å². The molecule has 1 heterocycles. The molecule has 0 saturated heterocycles. The van der Waals surface area contributed by atoms with Crippen molar-refractivity contribution in [1.29, 1.82) is 0 Å². The number of carbonyl (C=O) groups excluding carboxylic acids is 2. The number of allylic oxidation sites excluding steroid dienone is 2. The first-order valence-electron chi connectivity index (χ1n) is 9.11. The first-order chi connectivity index (χ1) is 13.6. The molecule has 0 aromatic heterocycles. The summed E-state index contributed by atoms with van der Waals surface area (Å²) in [6.07, 6.45) is 5.25. The summed E-state index contributed by atoms with van der Waals surface area (Å²) in [6, 6.07) is -1.35. The van der Waals surface area contributed by atoms with Crippen molar-refractivity contribution < 1.29 is 24.2 Å². The smallest absolute Gasteiger partial charge is 0.407 e. The number of nitrogens with zero attached hydrogens (tertiary/aromatic N) is 1. The minimum absolute atomic E-state index is 0.229. The van der Waals surface area contributed by atoms with Crippen LogP contribution in [0.1, 0.15) is 27.2 Å². The summed E-state index contributed by atoms with van der Waals surface area (Å²) in [6.45, 7) is 5.84. The van der Waals surface area contributed by atoms with Gasteiger partial charge in [0.05, 0.1) is 24.2 Å². The van der Waals surface area contributed by atoms with Gasteiger partial charge in [-0.05, 0) is 32.9 Å². The molecule has 0 aromatic carbocycles. The van der Waals surface area contributed by atoms with Crippen LogP contribution in [0.25, 0.3) is 0 Å². The lowest BCUT2D eigenvalue weighted by Gasteiger charge is -2.26. The number of Topliss-reactive ketones (excluding diaryl/α,β-unsaturated/α-hetero) is 1. The summed E-state index contributed by atoms with van der Waals surface area (Å²) in [7, 11) is 0. The summed E-state index contributed by atoms with van der Waals surface area (Å²) in [5, 5.41) is 17.9. The van der Waals surface area contributed by atoms with E-state index in [1.165, 1.54) is 18.5 Å². The number of amides is 1. The molecule has 2 aliphatic rings. The van der Waals surface area contributed by atoms with Gasteiger partial charge in [-0.1, -0.05) is 11.6 Å². The van der Waals surface area contributed by atoms with Gasteiger partial charge in [0.1, 0.15) is 5.60 Å². The monoisotopic (exact) mass is 424 g/mol. The molecule has 29 heavy (non-hydrogen) atoms. The summed E-state index contributed by atoms with van der Waals surface area (Å²) in [5.41, 5.74) is -0.0225. The number of hydrogen-bond acceptors (Lipinski definition) is 7. The van der Waals surface area contributed by atoms with Crippen molar-refractivity contribution in [3.05, 3.63) is 35.2 Å². The molecule has 1 amide bonds. The largest absolute Gasteiger partial charge is 0.481 e. The van der Waals surface area contributed by atoms with Crippen molar-refractivity contribution in [1.82, 2.24) is 16.0 Å². The third-order valence-electron chi connectivity index (χ3n) is 3.88. The van der Waals surface area contributed by atoms with Gasteiger partial charge in [-0.2, -0.15) is 0 Å². The summed E-state index contributed by atoms with van der Waals surface area (Å²) in [4.78, 5) is 39.9. The highest BCUT2D eigenvalue weighted by atomic mass is 35.5. The zero-order chi connectivity index (χ0) is 21.6. The van der Waals surface area contributed by atoms with Crippen LogP contribution in [0, 0.1) is 0 Å². The molecule has 0 bridgehead atoms. The van der Waals surface area contributed by atoms with Gasteiger partial charge in [0.25, 0.3) is 0 Å². The Bertz CT molecular complexity index is 795. The predicted molar refractivity (Wildman–Crippen MR) is 109 cm³/mol. The van der Waals surface area contributed by atoms with Gasteiger partial charge in [-0.3, -0.25) is 14.6 Å². The number of alkyl carbamates (subject to hydrolysis) is 1. The van der Waals surface area contributed by atoms with Crippen LogP contribution in [0.2, 0.25) is 0 Å². The number of halogens is 1. The highest BCUT2D eigenvalue weighted by molar-refractivity contribution is 6.36. The minimum atomic E-state index is -1.01. The molecular weight excluding hydrogens is 400 g/mol. The maximum absolute atomic E-state index is 12.9. The lowest BCUT2D eigenvalue weighted by molar-refractivity contribution is -0.137. The van der Waals surface area contributed by atoms with Crippen molar-refractivity contribution in [2.75, 3.05) is 13.1 Å². The minimum Gasteiger partial charge on any atom is -0.481 e. The quantitative estimate of drug-likeness (QED) is 0.455. The average Bonchev–Trinajstić information content (AvgIpc) is 2.60. The number of carboxylic acid groups (broad SMARTS) is 1. The van der Waals surface area contributed by atoms with Crippen molar-refractivity contribution >= 4 is 35.2 Å². The Morgan fingerprint density at radius 2 is 2.07 bits per heavy atom. The van der Waals surface area contributed by atoms with Gasteiger partial charge in [-0.15, -0.1) is 0 Å². The summed E-state index contributed by atoms with van der Waals surface area (Å²) >= 11 is 6.17. The molecule has 0 fully saturated rings. The van der Waals surface area contributed by atoms with Gasteiger partial charge < -0.3 is 25.8 Å². The maximum atomic E-state index is 12.9. The van der Waals surface area contributed by atoms with Gasteiger partial charge in [-0.25, -0.2) is 4.79 Å². The van der Waals surface area contributed by atoms with E-state index in [0.717, 1.165) is 0 Å². The molecular formula is C19H25ClN4O5. The second-order valence-electron chi connectivity index (χ2n) is 7.48. The molecule has 0 spiro atoms. The Morgan fingerprint density at radius 3 is 2.72 bits per heavy atom. The Labute approximate surface area is 173 Å². The number of hydrogen-bond donors (Lipinski definition) is 4. The fourth-order valence-corrected chi connectivity index (χ4v) is 2.99. The molecule has 2 rings (SSSR count). The Balaban J connectivity index is 1.98.